The lowest BCUT2D eigenvalue weighted by Gasteiger charge is -2.42. The van der Waals surface area contributed by atoms with E-state index in [9.17, 15) is 9.59 Å². The van der Waals surface area contributed by atoms with Gasteiger partial charge in [-0.2, -0.15) is 0 Å². The van der Waals surface area contributed by atoms with Crippen molar-refractivity contribution >= 4 is 39.8 Å². The van der Waals surface area contributed by atoms with E-state index in [1.807, 2.05) is 25.1 Å². The molecule has 172 valence electrons. The van der Waals surface area contributed by atoms with Gasteiger partial charge in [0, 0.05) is 34.5 Å². The van der Waals surface area contributed by atoms with Crippen LogP contribution in [0.4, 0.5) is 11.4 Å². The van der Waals surface area contributed by atoms with Crippen molar-refractivity contribution in [3.8, 4) is 0 Å². The van der Waals surface area contributed by atoms with Crippen LogP contribution in [0, 0.1) is 6.92 Å². The maximum absolute atomic E-state index is 13.0. The number of nitrogens with zero attached hydrogens (tertiary/aromatic N) is 1. The molecule has 3 nitrogen and oxygen atoms in total. The van der Waals surface area contributed by atoms with Crippen LogP contribution in [0.2, 0.25) is 0 Å². The van der Waals surface area contributed by atoms with Gasteiger partial charge in [-0.15, -0.1) is 0 Å². The molecule has 35 heavy (non-hydrogen) atoms. The van der Waals surface area contributed by atoms with Gasteiger partial charge in [-0.1, -0.05) is 67.9 Å². The molecule has 0 N–H and O–H groups in total. The molecule has 0 saturated carbocycles. The summed E-state index contributed by atoms with van der Waals surface area (Å²) in [5, 5.41) is 2.30. The summed E-state index contributed by atoms with van der Waals surface area (Å²) in [4.78, 5) is 28.3. The predicted octanol–water partition coefficient (Wildman–Crippen LogP) is 7.41. The molecule has 0 amide bonds. The van der Waals surface area contributed by atoms with Gasteiger partial charge >= 0.3 is 0 Å². The summed E-state index contributed by atoms with van der Waals surface area (Å²) in [6.45, 7) is 9.60. The fourth-order valence-electron chi connectivity index (χ4n) is 5.89. The van der Waals surface area contributed by atoms with Gasteiger partial charge < -0.3 is 4.90 Å². The number of para-hydroxylation sites is 1. The number of anilines is 2. The van der Waals surface area contributed by atoms with Crippen LogP contribution in [0.5, 0.6) is 0 Å². The van der Waals surface area contributed by atoms with Gasteiger partial charge in [0.25, 0.3) is 0 Å². The van der Waals surface area contributed by atoms with Crippen LogP contribution in [-0.2, 0) is 5.41 Å². The number of ketones is 2. The molecule has 1 aliphatic heterocycles. The van der Waals surface area contributed by atoms with Crippen molar-refractivity contribution in [1.29, 1.82) is 0 Å². The van der Waals surface area contributed by atoms with Crippen molar-refractivity contribution in [2.75, 3.05) is 11.4 Å². The molecule has 0 atom stereocenters. The molecule has 6 rings (SSSR count). The second-order valence-electron chi connectivity index (χ2n) is 10.1. The van der Waals surface area contributed by atoms with E-state index in [-0.39, 0.29) is 22.6 Å². The first-order chi connectivity index (χ1) is 16.8. The number of Topliss-reactive ketones (excluding diaryl/α,β-unsaturated/α-hetero) is 2. The third kappa shape index (κ3) is 3.04. The minimum Gasteiger partial charge on any atom is -0.341 e. The summed E-state index contributed by atoms with van der Waals surface area (Å²) in [6.07, 6.45) is 1.75. The van der Waals surface area contributed by atoms with Gasteiger partial charge in [-0.05, 0) is 71.7 Å². The fraction of sp³-hybridized carbons (Fsp3) is 0.188. The van der Waals surface area contributed by atoms with E-state index in [1.165, 1.54) is 27.9 Å². The first-order valence-corrected chi connectivity index (χ1v) is 12.2. The highest BCUT2D eigenvalue weighted by Gasteiger charge is 2.37. The molecule has 2 aliphatic rings. The van der Waals surface area contributed by atoms with Gasteiger partial charge in [-0.25, -0.2) is 0 Å². The quantitative estimate of drug-likeness (QED) is 0.232. The molecular weight excluding hydrogens is 430 g/mol. The number of hydrogen-bond acceptors (Lipinski definition) is 3. The lowest BCUT2D eigenvalue weighted by Crippen LogP contribution is -2.33. The highest BCUT2D eigenvalue weighted by atomic mass is 16.2. The van der Waals surface area contributed by atoms with Crippen LogP contribution in [0.15, 0.2) is 78.4 Å². The number of carbonyl (C=O) groups excluding carboxylic acids is 2. The first-order valence-electron chi connectivity index (χ1n) is 12.2. The van der Waals surface area contributed by atoms with Crippen LogP contribution >= 0.6 is 0 Å². The standard InChI is InChI=1S/C32H27NO2/c1-5-33-27-9-7-6-8-26(27)32(3,4)29-22-14-11-20(17-21(22)12-15-28(29)33)18-25-30(34)23-13-10-19(2)16-24(23)31(25)35/h6-18H,5H2,1-4H3/b25-18-. The zero-order chi connectivity index (χ0) is 24.5. The van der Waals surface area contributed by atoms with Crippen molar-refractivity contribution in [1.82, 2.24) is 0 Å². The lowest BCUT2D eigenvalue weighted by molar-refractivity contribution is 0.0990. The molecule has 4 aromatic carbocycles. The molecule has 0 saturated heterocycles. The number of aryl methyl sites for hydroxylation is 1. The predicted molar refractivity (Wildman–Crippen MR) is 143 cm³/mol. The van der Waals surface area contributed by atoms with Gasteiger partial charge in [0.1, 0.15) is 0 Å². The third-order valence-electron chi connectivity index (χ3n) is 7.59. The van der Waals surface area contributed by atoms with Crippen LogP contribution < -0.4 is 4.90 Å². The summed E-state index contributed by atoms with van der Waals surface area (Å²) in [7, 11) is 0. The van der Waals surface area contributed by atoms with Gasteiger partial charge in [0.05, 0.1) is 5.57 Å². The molecule has 4 aromatic rings. The monoisotopic (exact) mass is 457 g/mol. The summed E-state index contributed by atoms with van der Waals surface area (Å²) in [5.74, 6) is -0.373. The van der Waals surface area contributed by atoms with E-state index in [0.717, 1.165) is 23.1 Å². The average Bonchev–Trinajstić information content (AvgIpc) is 3.08. The number of allylic oxidation sites excluding steroid dienone is 1. The van der Waals surface area contributed by atoms with Crippen LogP contribution in [0.3, 0.4) is 0 Å². The molecular formula is C32H27NO2. The SMILES string of the molecule is CCN1c2ccccc2C(C)(C)c2c1ccc1cc(/C=C3/C(=O)c4ccc(C)cc4C3=O)ccc21. The number of rotatable bonds is 2. The van der Waals surface area contributed by atoms with Crippen molar-refractivity contribution in [3.63, 3.8) is 0 Å². The molecule has 1 aliphatic carbocycles. The van der Waals surface area contributed by atoms with Crippen LogP contribution in [0.25, 0.3) is 16.8 Å². The maximum atomic E-state index is 13.0. The summed E-state index contributed by atoms with van der Waals surface area (Å²) >= 11 is 0. The summed E-state index contributed by atoms with van der Waals surface area (Å²) < 4.78 is 0. The molecule has 0 aromatic heterocycles. The largest absolute Gasteiger partial charge is 0.341 e. The Kier molecular flexibility index (Phi) is 4.62. The van der Waals surface area contributed by atoms with Crippen LogP contribution in [-0.4, -0.2) is 18.1 Å². The number of hydrogen-bond donors (Lipinski definition) is 0. The summed E-state index contributed by atoms with van der Waals surface area (Å²) in [5.41, 5.74) is 8.07. The molecule has 0 radical (unpaired) electrons. The Morgan fingerprint density at radius 1 is 0.829 bits per heavy atom. The highest BCUT2D eigenvalue weighted by Crippen LogP contribution is 2.51. The van der Waals surface area contributed by atoms with E-state index in [0.29, 0.717) is 11.1 Å². The fourth-order valence-corrected chi connectivity index (χ4v) is 5.89. The zero-order valence-corrected chi connectivity index (χ0v) is 20.5. The molecule has 0 spiro atoms. The van der Waals surface area contributed by atoms with E-state index in [1.54, 1.807) is 12.1 Å². The van der Waals surface area contributed by atoms with E-state index in [2.05, 4.69) is 74.2 Å². The molecule has 0 bridgehead atoms. The second kappa shape index (κ2) is 7.51. The molecule has 3 heteroatoms. The Hall–Kier alpha value is -3.98. The minimum absolute atomic E-state index is 0.159. The zero-order valence-electron chi connectivity index (χ0n) is 20.5. The summed E-state index contributed by atoms with van der Waals surface area (Å²) in [6, 6.07) is 24.7. The van der Waals surface area contributed by atoms with E-state index in [4.69, 9.17) is 0 Å². The number of carbonyl (C=O) groups is 2. The highest BCUT2D eigenvalue weighted by molar-refractivity contribution is 6.41. The maximum Gasteiger partial charge on any atom is 0.197 e. The smallest absolute Gasteiger partial charge is 0.197 e. The minimum atomic E-state index is -0.188. The van der Waals surface area contributed by atoms with Crippen molar-refractivity contribution in [2.45, 2.75) is 33.1 Å². The number of benzene rings is 4. The first kappa shape index (κ1) is 21.5. The van der Waals surface area contributed by atoms with E-state index < -0.39 is 0 Å². The Bertz CT molecular complexity index is 1610. The Morgan fingerprint density at radius 3 is 2.40 bits per heavy atom. The van der Waals surface area contributed by atoms with Crippen molar-refractivity contribution in [3.05, 3.63) is 112 Å². The van der Waals surface area contributed by atoms with E-state index >= 15 is 0 Å². The second-order valence-corrected chi connectivity index (χ2v) is 10.1. The molecule has 1 heterocycles. The van der Waals surface area contributed by atoms with Crippen LogP contribution in [0.1, 0.15) is 63.7 Å². The van der Waals surface area contributed by atoms with Gasteiger partial charge in [0.2, 0.25) is 0 Å². The number of fused-ring (bicyclic) bond motifs is 5. The Labute approximate surface area is 205 Å². The third-order valence-corrected chi connectivity index (χ3v) is 7.59. The lowest BCUT2D eigenvalue weighted by atomic mass is 9.72. The average molecular weight is 458 g/mol. The Morgan fingerprint density at radius 2 is 1.60 bits per heavy atom. The molecule has 0 fully saturated rings. The van der Waals surface area contributed by atoms with Crippen molar-refractivity contribution < 1.29 is 9.59 Å². The van der Waals surface area contributed by atoms with Crippen molar-refractivity contribution in [2.24, 2.45) is 0 Å². The Balaban J connectivity index is 1.49. The normalized spacial score (nSPS) is 17.0. The van der Waals surface area contributed by atoms with Gasteiger partial charge in [0.15, 0.2) is 11.6 Å². The molecule has 0 unspecified atom stereocenters. The topological polar surface area (TPSA) is 37.4 Å². The van der Waals surface area contributed by atoms with Gasteiger partial charge in [-0.3, -0.25) is 9.59 Å².